The van der Waals surface area contributed by atoms with Gasteiger partial charge in [0, 0.05) is 39.3 Å². The van der Waals surface area contributed by atoms with Gasteiger partial charge in [-0.3, -0.25) is 14.6 Å². The SMILES string of the molecule is CC(C)(C)OC(=O)N(CCN1CCN(C(=O)O)CC1)CC(N)=O.O=C(OCc1ccccc1)C(F)(F)F. The van der Waals surface area contributed by atoms with Gasteiger partial charge in [0.2, 0.25) is 5.91 Å². The molecule has 2 rings (SSSR count). The summed E-state index contributed by atoms with van der Waals surface area (Å²) in [6.07, 6.45) is -6.43. The molecule has 1 fully saturated rings. The molecule has 0 spiro atoms. The highest BCUT2D eigenvalue weighted by Crippen LogP contribution is 2.17. The summed E-state index contributed by atoms with van der Waals surface area (Å²) in [7, 11) is 0. The number of primary amides is 1. The van der Waals surface area contributed by atoms with Gasteiger partial charge in [-0.1, -0.05) is 30.3 Å². The van der Waals surface area contributed by atoms with Crippen molar-refractivity contribution in [1.82, 2.24) is 14.7 Å². The van der Waals surface area contributed by atoms with Crippen LogP contribution in [0.4, 0.5) is 22.8 Å². The van der Waals surface area contributed by atoms with E-state index in [1.165, 1.54) is 9.80 Å². The summed E-state index contributed by atoms with van der Waals surface area (Å²) < 4.78 is 44.3. The maximum absolute atomic E-state index is 12.1. The fourth-order valence-electron chi connectivity index (χ4n) is 2.98. The van der Waals surface area contributed by atoms with Gasteiger partial charge in [-0.25, -0.2) is 14.4 Å². The summed E-state index contributed by atoms with van der Waals surface area (Å²) in [6.45, 7) is 7.54. The van der Waals surface area contributed by atoms with E-state index in [0.29, 0.717) is 44.8 Å². The Balaban J connectivity index is 0.000000417. The number of carbonyl (C=O) groups excluding carboxylic acids is 3. The third kappa shape index (κ3) is 13.4. The number of hydrogen-bond donors (Lipinski definition) is 2. The molecular weight excluding hydrogens is 501 g/mol. The minimum Gasteiger partial charge on any atom is -0.465 e. The van der Waals surface area contributed by atoms with Crippen molar-refractivity contribution in [1.29, 1.82) is 0 Å². The van der Waals surface area contributed by atoms with Crippen molar-refractivity contribution < 1.29 is 46.9 Å². The number of nitrogens with zero attached hydrogens (tertiary/aromatic N) is 3. The van der Waals surface area contributed by atoms with E-state index in [9.17, 15) is 32.3 Å². The summed E-state index contributed by atoms with van der Waals surface area (Å²) >= 11 is 0. The Hall–Kier alpha value is -3.55. The Bertz CT molecular complexity index is 900. The molecule has 0 radical (unpaired) electrons. The molecule has 1 heterocycles. The van der Waals surface area contributed by atoms with E-state index in [4.69, 9.17) is 15.6 Å². The van der Waals surface area contributed by atoms with Crippen LogP contribution in [-0.2, 0) is 25.7 Å². The lowest BCUT2D eigenvalue weighted by atomic mass is 10.2. The molecule has 3 amide bonds. The zero-order valence-corrected chi connectivity index (χ0v) is 21.0. The van der Waals surface area contributed by atoms with E-state index in [1.54, 1.807) is 51.1 Å². The molecule has 1 saturated heterocycles. The third-order valence-electron chi connectivity index (χ3n) is 4.77. The summed E-state index contributed by atoms with van der Waals surface area (Å²) in [5.41, 5.74) is 5.05. The van der Waals surface area contributed by atoms with E-state index in [-0.39, 0.29) is 13.2 Å². The van der Waals surface area contributed by atoms with E-state index < -0.39 is 35.8 Å². The van der Waals surface area contributed by atoms with Crippen molar-refractivity contribution in [3.05, 3.63) is 35.9 Å². The highest BCUT2D eigenvalue weighted by molar-refractivity contribution is 5.80. The predicted octanol–water partition coefficient (Wildman–Crippen LogP) is 2.30. The Kier molecular flexibility index (Phi) is 12.1. The number of esters is 1. The first-order chi connectivity index (χ1) is 17.1. The summed E-state index contributed by atoms with van der Waals surface area (Å²) in [5.74, 6) is -2.77. The second-order valence-electron chi connectivity index (χ2n) is 9.04. The lowest BCUT2D eigenvalue weighted by molar-refractivity contribution is -0.201. The minimum atomic E-state index is -4.92. The van der Waals surface area contributed by atoms with Crippen LogP contribution in [-0.4, -0.2) is 101 Å². The van der Waals surface area contributed by atoms with Crippen LogP contribution in [0.15, 0.2) is 30.3 Å². The molecule has 0 unspecified atom stereocenters. The number of amides is 3. The van der Waals surface area contributed by atoms with E-state index in [2.05, 4.69) is 4.74 Å². The summed E-state index contributed by atoms with van der Waals surface area (Å²) in [6, 6.07) is 8.16. The van der Waals surface area contributed by atoms with Crippen molar-refractivity contribution in [2.24, 2.45) is 5.73 Å². The average molecular weight is 535 g/mol. The van der Waals surface area contributed by atoms with Gasteiger partial charge in [-0.05, 0) is 26.3 Å². The zero-order valence-electron chi connectivity index (χ0n) is 21.0. The molecule has 1 aromatic rings. The highest BCUT2D eigenvalue weighted by Gasteiger charge is 2.40. The minimum absolute atomic E-state index is 0.204. The smallest absolute Gasteiger partial charge is 0.465 e. The van der Waals surface area contributed by atoms with Crippen LogP contribution in [0, 0.1) is 0 Å². The van der Waals surface area contributed by atoms with Gasteiger partial charge >= 0.3 is 24.3 Å². The normalized spacial score (nSPS) is 14.2. The maximum atomic E-state index is 12.1. The lowest BCUT2D eigenvalue weighted by Gasteiger charge is -2.34. The zero-order chi connectivity index (χ0) is 28.2. The standard InChI is InChI=1S/C14H26N4O5.C9H7F3O2/c1-14(2,3)23-13(22)18(10-11(15)19)9-6-16-4-7-17(8-5-16)12(20)21;10-9(11,12)8(13)14-6-7-4-2-1-3-5-7/h4-10H2,1-3H3,(H2,15,19)(H,20,21);1-5H,6H2. The van der Waals surface area contributed by atoms with Crippen LogP contribution in [0.5, 0.6) is 0 Å². The number of ether oxygens (including phenoxy) is 2. The van der Waals surface area contributed by atoms with E-state index in [1.807, 2.05) is 4.90 Å². The van der Waals surface area contributed by atoms with Gasteiger partial charge in [0.05, 0.1) is 0 Å². The second kappa shape index (κ2) is 14.3. The fourth-order valence-corrected chi connectivity index (χ4v) is 2.98. The number of nitrogens with two attached hydrogens (primary N) is 1. The Morgan fingerprint density at radius 1 is 1.03 bits per heavy atom. The van der Waals surface area contributed by atoms with Gasteiger partial charge in [0.15, 0.2) is 0 Å². The molecule has 1 aliphatic heterocycles. The lowest BCUT2D eigenvalue weighted by Crippen LogP contribution is -2.51. The van der Waals surface area contributed by atoms with Gasteiger partial charge in [0.1, 0.15) is 18.8 Å². The quantitative estimate of drug-likeness (QED) is 0.508. The van der Waals surface area contributed by atoms with Crippen LogP contribution in [0.2, 0.25) is 0 Å². The molecule has 14 heteroatoms. The van der Waals surface area contributed by atoms with Crippen LogP contribution >= 0.6 is 0 Å². The first-order valence-corrected chi connectivity index (χ1v) is 11.3. The van der Waals surface area contributed by atoms with Crippen molar-refractivity contribution in [3.63, 3.8) is 0 Å². The highest BCUT2D eigenvalue weighted by atomic mass is 19.4. The van der Waals surface area contributed by atoms with Crippen LogP contribution < -0.4 is 5.73 Å². The van der Waals surface area contributed by atoms with Gasteiger partial charge in [-0.2, -0.15) is 13.2 Å². The number of piperazine rings is 1. The van der Waals surface area contributed by atoms with Crippen LogP contribution in [0.25, 0.3) is 0 Å². The van der Waals surface area contributed by atoms with Crippen molar-refractivity contribution >= 4 is 24.1 Å². The molecule has 3 N–H and O–H groups in total. The largest absolute Gasteiger partial charge is 0.490 e. The average Bonchev–Trinajstić information content (AvgIpc) is 2.79. The van der Waals surface area contributed by atoms with Crippen molar-refractivity contribution in [3.8, 4) is 0 Å². The summed E-state index contributed by atoms with van der Waals surface area (Å²) in [4.78, 5) is 49.1. The molecule has 1 aromatic carbocycles. The topological polar surface area (TPSA) is 143 Å². The number of hydrogen-bond acceptors (Lipinski definition) is 7. The molecule has 0 aromatic heterocycles. The molecule has 1 aliphatic rings. The Morgan fingerprint density at radius 2 is 1.59 bits per heavy atom. The monoisotopic (exact) mass is 534 g/mol. The van der Waals surface area contributed by atoms with Gasteiger partial charge in [0.25, 0.3) is 0 Å². The molecule has 11 nitrogen and oxygen atoms in total. The van der Waals surface area contributed by atoms with E-state index in [0.717, 1.165) is 0 Å². The van der Waals surface area contributed by atoms with E-state index >= 15 is 0 Å². The summed E-state index contributed by atoms with van der Waals surface area (Å²) in [5, 5.41) is 8.91. The van der Waals surface area contributed by atoms with Crippen LogP contribution in [0.3, 0.4) is 0 Å². The Labute approximate surface area is 212 Å². The number of carbonyl (C=O) groups is 4. The second-order valence-corrected chi connectivity index (χ2v) is 9.04. The molecule has 37 heavy (non-hydrogen) atoms. The molecule has 0 saturated carbocycles. The number of halogens is 3. The molecule has 208 valence electrons. The van der Waals surface area contributed by atoms with Gasteiger partial charge in [-0.15, -0.1) is 0 Å². The number of alkyl halides is 3. The maximum Gasteiger partial charge on any atom is 0.490 e. The third-order valence-corrected chi connectivity index (χ3v) is 4.77. The van der Waals surface area contributed by atoms with Gasteiger partial charge < -0.3 is 25.2 Å². The van der Waals surface area contributed by atoms with Crippen molar-refractivity contribution in [2.75, 3.05) is 45.8 Å². The number of benzene rings is 1. The van der Waals surface area contributed by atoms with Crippen molar-refractivity contribution in [2.45, 2.75) is 39.2 Å². The molecular formula is C23H33F3N4O7. The first kappa shape index (κ1) is 31.5. The molecule has 0 bridgehead atoms. The number of carboxylic acid groups (broad SMARTS) is 1. The molecule has 0 atom stereocenters. The molecule has 0 aliphatic carbocycles. The van der Waals surface area contributed by atoms with Crippen LogP contribution in [0.1, 0.15) is 26.3 Å². The first-order valence-electron chi connectivity index (χ1n) is 11.3. The Morgan fingerprint density at radius 3 is 2.05 bits per heavy atom. The predicted molar refractivity (Wildman–Crippen MR) is 125 cm³/mol. The number of rotatable bonds is 7. The fraction of sp³-hybridized carbons (Fsp3) is 0.565.